The van der Waals surface area contributed by atoms with E-state index in [0.717, 1.165) is 99.1 Å². The summed E-state index contributed by atoms with van der Waals surface area (Å²) < 4.78 is 0. The maximum Gasteiger partial charge on any atom is 0.124 e. The molecule has 6 heteroatoms. The van der Waals surface area contributed by atoms with E-state index < -0.39 is 0 Å². The van der Waals surface area contributed by atoms with Crippen molar-refractivity contribution in [1.29, 1.82) is 0 Å². The van der Waals surface area contributed by atoms with E-state index >= 15 is 0 Å². The van der Waals surface area contributed by atoms with E-state index in [1.54, 1.807) is 0 Å². The van der Waals surface area contributed by atoms with Crippen molar-refractivity contribution in [3.05, 3.63) is 57.6 Å². The van der Waals surface area contributed by atoms with E-state index in [2.05, 4.69) is 57.7 Å². The summed E-state index contributed by atoms with van der Waals surface area (Å²) in [5.41, 5.74) is 6.44. The Labute approximate surface area is 178 Å². The van der Waals surface area contributed by atoms with Gasteiger partial charge in [0.2, 0.25) is 0 Å². The zero-order valence-corrected chi connectivity index (χ0v) is 18.1. The van der Waals surface area contributed by atoms with Crippen LogP contribution in [0.4, 0.5) is 0 Å². The molecule has 3 aliphatic rings. The van der Waals surface area contributed by atoms with Crippen molar-refractivity contribution < 1.29 is 10.2 Å². The van der Waals surface area contributed by atoms with Crippen LogP contribution in [-0.2, 0) is 26.2 Å². The smallest absolute Gasteiger partial charge is 0.124 e. The maximum absolute atomic E-state index is 11.1. The van der Waals surface area contributed by atoms with Crippen LogP contribution in [0.15, 0.2) is 24.3 Å². The van der Waals surface area contributed by atoms with Gasteiger partial charge in [-0.2, -0.15) is 0 Å². The number of phenolic OH excluding ortho intramolecular Hbond substituents is 2. The molecule has 0 amide bonds. The molecule has 0 aliphatic carbocycles. The Morgan fingerprint density at radius 3 is 1.33 bits per heavy atom. The van der Waals surface area contributed by atoms with Crippen LogP contribution in [0.1, 0.15) is 33.4 Å². The van der Waals surface area contributed by atoms with Gasteiger partial charge in [0.1, 0.15) is 11.5 Å². The van der Waals surface area contributed by atoms with Crippen molar-refractivity contribution in [3.8, 4) is 11.5 Å². The molecule has 2 aromatic carbocycles. The van der Waals surface area contributed by atoms with Crippen LogP contribution in [0.3, 0.4) is 0 Å². The third kappa shape index (κ3) is 3.69. The first kappa shape index (κ1) is 19.8. The van der Waals surface area contributed by atoms with Crippen molar-refractivity contribution in [1.82, 2.24) is 19.6 Å². The van der Waals surface area contributed by atoms with Gasteiger partial charge in [0.05, 0.1) is 13.3 Å². The van der Waals surface area contributed by atoms with Gasteiger partial charge >= 0.3 is 0 Å². The molecule has 4 unspecified atom stereocenters. The predicted octanol–water partition coefficient (Wildman–Crippen LogP) is 2.58. The number of aromatic hydroxyl groups is 2. The molecule has 5 rings (SSSR count). The predicted molar refractivity (Wildman–Crippen MR) is 117 cm³/mol. The van der Waals surface area contributed by atoms with E-state index in [1.165, 1.54) is 0 Å². The average Bonchev–Trinajstić information content (AvgIpc) is 3.35. The largest absolute Gasteiger partial charge is 0.507 e. The lowest BCUT2D eigenvalue weighted by molar-refractivity contribution is 0.223. The van der Waals surface area contributed by atoms with Crippen LogP contribution >= 0.6 is 0 Å². The zero-order valence-electron chi connectivity index (χ0n) is 18.1. The Morgan fingerprint density at radius 2 is 0.933 bits per heavy atom. The quantitative estimate of drug-likeness (QED) is 0.699. The SMILES string of the molecule is Cc1ccc2c(O)c1CN1CCN(Cc3c(C)ccc(c3O)CN3CCN(C2)C3)C1. The summed E-state index contributed by atoms with van der Waals surface area (Å²) in [6.07, 6.45) is 0. The third-order valence-corrected chi connectivity index (χ3v) is 7.02. The summed E-state index contributed by atoms with van der Waals surface area (Å²) >= 11 is 0. The highest BCUT2D eigenvalue weighted by Crippen LogP contribution is 2.32. The molecule has 2 saturated heterocycles. The van der Waals surface area contributed by atoms with Gasteiger partial charge in [-0.25, -0.2) is 0 Å². The molecule has 6 nitrogen and oxygen atoms in total. The van der Waals surface area contributed by atoms with Crippen molar-refractivity contribution in [3.63, 3.8) is 0 Å². The first-order valence-electron chi connectivity index (χ1n) is 11.0. The zero-order chi connectivity index (χ0) is 20.8. The second kappa shape index (κ2) is 7.85. The monoisotopic (exact) mass is 408 g/mol. The summed E-state index contributed by atoms with van der Waals surface area (Å²) in [5.74, 6) is 0.940. The molecule has 3 aliphatic heterocycles. The summed E-state index contributed by atoms with van der Waals surface area (Å²) in [7, 11) is 0. The number of hydrogen-bond donors (Lipinski definition) is 2. The minimum absolute atomic E-state index is 0.470. The number of hydrogen-bond acceptors (Lipinski definition) is 6. The van der Waals surface area contributed by atoms with Gasteiger partial charge in [-0.05, 0) is 25.0 Å². The van der Waals surface area contributed by atoms with Gasteiger partial charge in [-0.15, -0.1) is 0 Å². The van der Waals surface area contributed by atoms with Crippen LogP contribution in [0.5, 0.6) is 11.5 Å². The molecule has 0 saturated carbocycles. The third-order valence-electron chi connectivity index (χ3n) is 7.02. The fourth-order valence-corrected chi connectivity index (χ4v) is 5.09. The highest BCUT2D eigenvalue weighted by atomic mass is 16.3. The number of aryl methyl sites for hydroxylation is 2. The van der Waals surface area contributed by atoms with Gasteiger partial charge in [-0.1, -0.05) is 24.3 Å². The van der Waals surface area contributed by atoms with Gasteiger partial charge in [0, 0.05) is 74.6 Å². The van der Waals surface area contributed by atoms with Crippen molar-refractivity contribution in [2.75, 3.05) is 39.5 Å². The topological polar surface area (TPSA) is 53.4 Å². The Bertz CT molecular complexity index is 885. The highest BCUT2D eigenvalue weighted by molar-refractivity contribution is 5.46. The van der Waals surface area contributed by atoms with Gasteiger partial charge < -0.3 is 10.2 Å². The molecule has 30 heavy (non-hydrogen) atoms. The molecule has 4 atom stereocenters. The van der Waals surface area contributed by atoms with Crippen LogP contribution in [-0.4, -0.2) is 69.3 Å². The van der Waals surface area contributed by atoms with Crippen LogP contribution in [0, 0.1) is 13.8 Å². The summed E-state index contributed by atoms with van der Waals surface area (Å²) in [4.78, 5) is 9.55. The molecule has 160 valence electrons. The number of rotatable bonds is 0. The van der Waals surface area contributed by atoms with Crippen molar-refractivity contribution in [2.45, 2.75) is 40.0 Å². The molecule has 0 spiro atoms. The molecule has 2 N–H and O–H groups in total. The van der Waals surface area contributed by atoms with Gasteiger partial charge in [0.15, 0.2) is 0 Å². The second-order valence-corrected chi connectivity index (χ2v) is 9.23. The molecule has 8 bridgehead atoms. The number of nitrogens with zero attached hydrogens (tertiary/aromatic N) is 4. The van der Waals surface area contributed by atoms with E-state index in [-0.39, 0.29) is 0 Å². The van der Waals surface area contributed by atoms with Crippen LogP contribution < -0.4 is 0 Å². The Kier molecular flexibility index (Phi) is 5.19. The average molecular weight is 409 g/mol. The molecule has 2 aromatic rings. The molecule has 2 fully saturated rings. The standard InChI is InChI=1S/C24H32N4O2/c1-17-3-5-19-11-25-7-8-26(15-25)12-20-6-4-18(2)22(24(20)30)14-28-10-9-27(16-28)13-21(17)23(19)29/h3-6,29-30H,7-16H2,1-2H3. The van der Waals surface area contributed by atoms with Gasteiger partial charge in [-0.3, -0.25) is 19.6 Å². The maximum atomic E-state index is 11.1. The first-order chi connectivity index (χ1) is 14.5. The van der Waals surface area contributed by atoms with Crippen molar-refractivity contribution in [2.24, 2.45) is 0 Å². The first-order valence-corrected chi connectivity index (χ1v) is 11.0. The molecule has 0 radical (unpaired) electrons. The number of fused-ring (bicyclic) bond motifs is 8. The molecular weight excluding hydrogens is 376 g/mol. The Morgan fingerprint density at radius 1 is 0.567 bits per heavy atom. The highest BCUT2D eigenvalue weighted by Gasteiger charge is 2.27. The minimum Gasteiger partial charge on any atom is -0.507 e. The normalized spacial score (nSPS) is 28.6. The lowest BCUT2D eigenvalue weighted by Gasteiger charge is -2.24. The van der Waals surface area contributed by atoms with E-state index in [4.69, 9.17) is 0 Å². The minimum atomic E-state index is 0.470. The van der Waals surface area contributed by atoms with Crippen LogP contribution in [0.2, 0.25) is 0 Å². The second-order valence-electron chi connectivity index (χ2n) is 9.23. The van der Waals surface area contributed by atoms with E-state index in [1.807, 2.05) is 0 Å². The fraction of sp³-hybridized carbons (Fsp3) is 0.500. The van der Waals surface area contributed by atoms with Crippen LogP contribution in [0.25, 0.3) is 0 Å². The lowest BCUT2D eigenvalue weighted by Crippen LogP contribution is -2.27. The van der Waals surface area contributed by atoms with Crippen molar-refractivity contribution >= 4 is 0 Å². The summed E-state index contributed by atoms with van der Waals surface area (Å²) in [6, 6.07) is 8.46. The molecule has 0 aromatic heterocycles. The number of benzene rings is 2. The Hall–Kier alpha value is -2.12. The fourth-order valence-electron chi connectivity index (χ4n) is 5.09. The van der Waals surface area contributed by atoms with E-state index in [0.29, 0.717) is 11.5 Å². The van der Waals surface area contributed by atoms with Gasteiger partial charge in [0.25, 0.3) is 0 Å². The summed E-state index contributed by atoms with van der Waals surface area (Å²) in [5, 5.41) is 22.1. The Balaban J connectivity index is 1.51. The molecular formula is C24H32N4O2. The summed E-state index contributed by atoms with van der Waals surface area (Å²) in [6.45, 7) is 12.8. The van der Waals surface area contributed by atoms with E-state index in [9.17, 15) is 10.2 Å². The lowest BCUT2D eigenvalue weighted by atomic mass is 10.0. The molecule has 3 heterocycles. The number of phenols is 2.